The van der Waals surface area contributed by atoms with E-state index < -0.39 is 10.0 Å². The molecule has 1 N–H and O–H groups in total. The average molecular weight is 400 g/mol. The summed E-state index contributed by atoms with van der Waals surface area (Å²) in [5.74, 6) is 0. The first-order valence-corrected chi connectivity index (χ1v) is 10.9. The lowest BCUT2D eigenvalue weighted by Gasteiger charge is -2.25. The van der Waals surface area contributed by atoms with E-state index in [-0.39, 0.29) is 7.46 Å². The van der Waals surface area contributed by atoms with Crippen molar-refractivity contribution >= 4 is 27.0 Å². The van der Waals surface area contributed by atoms with Crippen molar-refractivity contribution in [2.45, 2.75) is 30.7 Å². The number of hydrogen-bond donors (Lipinski definition) is 1. The van der Waals surface area contributed by atoms with Gasteiger partial charge in [0.05, 0.1) is 10.4 Å². The Kier molecular flexibility index (Phi) is 5.19. The minimum Gasteiger partial charge on any atom is -0.333 e. The lowest BCUT2D eigenvalue weighted by atomic mass is 10.2. The molecule has 148 valence electrons. The van der Waals surface area contributed by atoms with Gasteiger partial charge < -0.3 is 5.32 Å². The van der Waals surface area contributed by atoms with Crippen LogP contribution in [0.5, 0.6) is 0 Å². The van der Waals surface area contributed by atoms with Gasteiger partial charge in [0.25, 0.3) is 0 Å². The van der Waals surface area contributed by atoms with Crippen molar-refractivity contribution in [1.29, 1.82) is 0 Å². The van der Waals surface area contributed by atoms with Crippen LogP contribution in [0.2, 0.25) is 0 Å². The summed E-state index contributed by atoms with van der Waals surface area (Å²) in [4.78, 5) is 12.8. The number of rotatable bonds is 4. The molecule has 0 aliphatic carbocycles. The van der Waals surface area contributed by atoms with Crippen LogP contribution in [0.3, 0.4) is 0 Å². The van der Waals surface area contributed by atoms with Crippen molar-refractivity contribution in [1.82, 2.24) is 14.2 Å². The Morgan fingerprint density at radius 2 is 1.68 bits per heavy atom. The van der Waals surface area contributed by atoms with Crippen LogP contribution in [-0.2, 0) is 16.6 Å². The zero-order valence-electron chi connectivity index (χ0n) is 15.5. The topological polar surface area (TPSA) is 71.4 Å². The molecule has 2 heterocycles. The molecule has 1 aromatic heterocycles. The van der Waals surface area contributed by atoms with Gasteiger partial charge in [-0.05, 0) is 42.7 Å². The lowest BCUT2D eigenvalue weighted by molar-refractivity contribution is 0.243. The normalized spacial score (nSPS) is 15.6. The molecule has 1 aliphatic heterocycles. The zero-order valence-corrected chi connectivity index (χ0v) is 16.4. The van der Waals surface area contributed by atoms with Gasteiger partial charge in [-0.25, -0.2) is 13.2 Å². The van der Waals surface area contributed by atoms with E-state index in [0.717, 1.165) is 35.7 Å². The maximum Gasteiger partial charge on any atom is 0.326 e. The first-order valence-electron chi connectivity index (χ1n) is 9.49. The van der Waals surface area contributed by atoms with Crippen LogP contribution in [0, 0.1) is 0 Å². The lowest BCUT2D eigenvalue weighted by Crippen LogP contribution is -2.35. The summed E-state index contributed by atoms with van der Waals surface area (Å²) >= 11 is 0. The Morgan fingerprint density at radius 1 is 0.964 bits per heavy atom. The van der Waals surface area contributed by atoms with Gasteiger partial charge in [0.1, 0.15) is 0 Å². The molecule has 4 rings (SSSR count). The Bertz CT molecular complexity index is 1090. The van der Waals surface area contributed by atoms with Crippen molar-refractivity contribution in [3.8, 4) is 0 Å². The molecule has 1 aliphatic rings. The van der Waals surface area contributed by atoms with E-state index in [2.05, 4.69) is 5.32 Å². The van der Waals surface area contributed by atoms with E-state index >= 15 is 0 Å². The summed E-state index contributed by atoms with van der Waals surface area (Å²) in [7, 11) is -3.43. The average Bonchev–Trinajstić information content (AvgIpc) is 3.17. The Morgan fingerprint density at radius 3 is 2.43 bits per heavy atom. The molecule has 6 nitrogen and oxygen atoms in total. The van der Waals surface area contributed by atoms with E-state index in [1.807, 2.05) is 30.3 Å². The molecule has 0 bridgehead atoms. The number of carbonyl (C=O) groups is 1. The van der Waals surface area contributed by atoms with Crippen molar-refractivity contribution in [2.75, 3.05) is 13.1 Å². The van der Waals surface area contributed by atoms with Crippen molar-refractivity contribution in [2.24, 2.45) is 0 Å². The van der Waals surface area contributed by atoms with Crippen LogP contribution in [0.15, 0.2) is 65.7 Å². The fourth-order valence-corrected chi connectivity index (χ4v) is 5.07. The minimum absolute atomic E-state index is 0. The number of para-hydroxylation sites is 1. The minimum atomic E-state index is -3.43. The van der Waals surface area contributed by atoms with Gasteiger partial charge in [0.15, 0.2) is 0 Å². The van der Waals surface area contributed by atoms with Crippen LogP contribution in [0.1, 0.15) is 26.3 Å². The van der Waals surface area contributed by atoms with E-state index in [1.54, 1.807) is 39.3 Å². The highest BCUT2D eigenvalue weighted by Crippen LogP contribution is 2.21. The monoisotopic (exact) mass is 399 g/mol. The highest BCUT2D eigenvalue weighted by Gasteiger charge is 2.25. The maximum atomic E-state index is 12.7. The molecular formula is C21H25N3O3S. The second-order valence-corrected chi connectivity index (χ2v) is 8.95. The number of benzene rings is 2. The molecule has 3 aromatic rings. The van der Waals surface area contributed by atoms with Gasteiger partial charge in [-0.15, -0.1) is 0 Å². The summed E-state index contributed by atoms with van der Waals surface area (Å²) in [5.41, 5.74) is 1.70. The standard InChI is InChI=1S/C21H23N3O3S.H2/c25-21(24-15-12-18-6-2-3-7-20(18)24)22-16-17-8-10-19(11-9-17)28(26,27)23-13-4-1-5-14-23;/h2-3,6-12,15H,1,4-5,13-14,16H2,(H,22,25);1H. The molecule has 0 radical (unpaired) electrons. The second-order valence-electron chi connectivity index (χ2n) is 7.01. The van der Waals surface area contributed by atoms with E-state index in [9.17, 15) is 13.2 Å². The van der Waals surface area contributed by atoms with Crippen LogP contribution in [0.4, 0.5) is 4.79 Å². The zero-order chi connectivity index (χ0) is 19.6. The summed E-state index contributed by atoms with van der Waals surface area (Å²) in [5, 5.41) is 3.88. The number of sulfonamides is 1. The fourth-order valence-electron chi connectivity index (χ4n) is 3.56. The molecule has 0 atom stereocenters. The quantitative estimate of drug-likeness (QED) is 0.725. The molecular weight excluding hydrogens is 374 g/mol. The third-order valence-electron chi connectivity index (χ3n) is 5.14. The molecule has 2 aromatic carbocycles. The Labute approximate surface area is 166 Å². The van der Waals surface area contributed by atoms with E-state index in [0.29, 0.717) is 24.5 Å². The van der Waals surface area contributed by atoms with Gasteiger partial charge >= 0.3 is 6.03 Å². The number of aromatic nitrogens is 1. The molecule has 28 heavy (non-hydrogen) atoms. The van der Waals surface area contributed by atoms with Gasteiger partial charge in [-0.2, -0.15) is 4.31 Å². The van der Waals surface area contributed by atoms with Crippen molar-refractivity contribution in [3.63, 3.8) is 0 Å². The number of nitrogens with zero attached hydrogens (tertiary/aromatic N) is 2. The molecule has 1 saturated heterocycles. The van der Waals surface area contributed by atoms with Crippen LogP contribution < -0.4 is 5.32 Å². The molecule has 0 saturated carbocycles. The van der Waals surface area contributed by atoms with Gasteiger partial charge in [0.2, 0.25) is 10.0 Å². The number of fused-ring (bicyclic) bond motifs is 1. The summed E-state index contributed by atoms with van der Waals surface area (Å²) in [6.07, 6.45) is 4.66. The molecule has 1 amide bonds. The van der Waals surface area contributed by atoms with Crippen LogP contribution in [-0.4, -0.2) is 36.4 Å². The van der Waals surface area contributed by atoms with Crippen molar-refractivity contribution < 1.29 is 14.6 Å². The summed E-state index contributed by atoms with van der Waals surface area (Å²) in [6, 6.07) is 16.1. The van der Waals surface area contributed by atoms with Crippen molar-refractivity contribution in [3.05, 3.63) is 66.4 Å². The van der Waals surface area contributed by atoms with Gasteiger partial charge in [-0.3, -0.25) is 4.57 Å². The van der Waals surface area contributed by atoms with Gasteiger partial charge in [0, 0.05) is 32.6 Å². The Balaban J connectivity index is 0.00000240. The molecule has 7 heteroatoms. The molecule has 0 unspecified atom stereocenters. The third kappa shape index (κ3) is 3.68. The number of amides is 1. The molecule has 0 spiro atoms. The highest BCUT2D eigenvalue weighted by atomic mass is 32.2. The number of piperidine rings is 1. The first kappa shape index (κ1) is 18.7. The number of nitrogens with one attached hydrogen (secondary N) is 1. The Hall–Kier alpha value is -2.64. The predicted molar refractivity (Wildman–Crippen MR) is 111 cm³/mol. The van der Waals surface area contributed by atoms with E-state index in [4.69, 9.17) is 0 Å². The largest absolute Gasteiger partial charge is 0.333 e. The maximum absolute atomic E-state index is 12.7. The van der Waals surface area contributed by atoms with E-state index in [1.165, 1.54) is 0 Å². The highest BCUT2D eigenvalue weighted by molar-refractivity contribution is 7.89. The third-order valence-corrected chi connectivity index (χ3v) is 7.05. The fraction of sp³-hybridized carbons (Fsp3) is 0.286. The molecule has 1 fully saturated rings. The van der Waals surface area contributed by atoms with Crippen LogP contribution >= 0.6 is 0 Å². The summed E-state index contributed by atoms with van der Waals surface area (Å²) < 4.78 is 28.5. The SMILES string of the molecule is O=C(NCc1ccc(S(=O)(=O)N2CCCCC2)cc1)n1ccc2ccccc21.[HH]. The predicted octanol–water partition coefficient (Wildman–Crippen LogP) is 3.82. The first-order chi connectivity index (χ1) is 13.6. The van der Waals surface area contributed by atoms with Crippen LogP contribution in [0.25, 0.3) is 10.9 Å². The smallest absolute Gasteiger partial charge is 0.326 e. The number of carbonyl (C=O) groups excluding carboxylic acids is 1. The van der Waals surface area contributed by atoms with Gasteiger partial charge in [-0.1, -0.05) is 36.8 Å². The second kappa shape index (κ2) is 7.77. The number of hydrogen-bond acceptors (Lipinski definition) is 3. The summed E-state index contributed by atoms with van der Waals surface area (Å²) in [6.45, 7) is 1.51.